The molecule has 1 N–H and O–H groups in total. The summed E-state index contributed by atoms with van der Waals surface area (Å²) in [5, 5.41) is 9.00. The van der Waals surface area contributed by atoms with E-state index in [4.69, 9.17) is 9.84 Å². The van der Waals surface area contributed by atoms with Gasteiger partial charge in [-0.05, 0) is 33.2 Å². The van der Waals surface area contributed by atoms with E-state index in [9.17, 15) is 4.79 Å². The van der Waals surface area contributed by atoms with Crippen LogP contribution in [0.25, 0.3) is 0 Å². The Morgan fingerprint density at radius 2 is 1.79 bits per heavy atom. The number of rotatable bonds is 12. The van der Waals surface area contributed by atoms with Gasteiger partial charge in [0, 0.05) is 19.7 Å². The van der Waals surface area contributed by atoms with Crippen LogP contribution in [0.4, 0.5) is 0 Å². The third kappa shape index (κ3) is 11.0. The quantitative estimate of drug-likeness (QED) is 0.555. The van der Waals surface area contributed by atoms with Crippen molar-refractivity contribution in [1.29, 1.82) is 0 Å². The third-order valence-electron chi connectivity index (χ3n) is 3.10. The van der Waals surface area contributed by atoms with E-state index in [0.717, 1.165) is 32.5 Å². The van der Waals surface area contributed by atoms with Crippen molar-refractivity contribution in [2.75, 3.05) is 26.2 Å². The number of nitrogens with zero attached hydrogens (tertiary/aromatic N) is 1. The van der Waals surface area contributed by atoms with Crippen LogP contribution in [0.2, 0.25) is 0 Å². The van der Waals surface area contributed by atoms with E-state index in [0.29, 0.717) is 6.54 Å². The second kappa shape index (κ2) is 11.2. The smallest absolute Gasteiger partial charge is 0.307 e. The molecule has 0 heterocycles. The molecule has 1 unspecified atom stereocenters. The summed E-state index contributed by atoms with van der Waals surface area (Å²) in [7, 11) is 0. The lowest BCUT2D eigenvalue weighted by Gasteiger charge is -2.24. The molecule has 0 aromatic carbocycles. The fraction of sp³-hybridized carbons (Fsp3) is 0.933. The summed E-state index contributed by atoms with van der Waals surface area (Å²) in [5.41, 5.74) is 0. The Balaban J connectivity index is 3.98. The van der Waals surface area contributed by atoms with Gasteiger partial charge >= 0.3 is 5.97 Å². The van der Waals surface area contributed by atoms with E-state index < -0.39 is 5.97 Å². The summed E-state index contributed by atoms with van der Waals surface area (Å²) in [6.07, 6.45) is 4.79. The molecule has 4 heteroatoms. The normalized spacial score (nSPS) is 13.2. The topological polar surface area (TPSA) is 49.8 Å². The summed E-state index contributed by atoms with van der Waals surface area (Å²) >= 11 is 0. The van der Waals surface area contributed by atoms with Gasteiger partial charge in [0.05, 0.1) is 12.0 Å². The molecule has 114 valence electrons. The summed E-state index contributed by atoms with van der Waals surface area (Å²) in [5.74, 6) is -1.01. The van der Waals surface area contributed by atoms with Crippen LogP contribution in [0.5, 0.6) is 0 Å². The van der Waals surface area contributed by atoms with Crippen LogP contribution in [-0.4, -0.2) is 48.3 Å². The van der Waals surface area contributed by atoms with Gasteiger partial charge in [0.2, 0.25) is 0 Å². The molecule has 0 fully saturated rings. The second-order valence-corrected chi connectivity index (χ2v) is 5.52. The van der Waals surface area contributed by atoms with E-state index in [2.05, 4.69) is 11.8 Å². The highest BCUT2D eigenvalue weighted by Crippen LogP contribution is 2.05. The number of aliphatic carboxylic acids is 1. The molecule has 19 heavy (non-hydrogen) atoms. The summed E-state index contributed by atoms with van der Waals surface area (Å²) in [6.45, 7) is 11.3. The van der Waals surface area contributed by atoms with E-state index in [1.807, 2.05) is 13.8 Å². The molecule has 0 rings (SSSR count). The largest absolute Gasteiger partial charge is 0.481 e. The Morgan fingerprint density at radius 3 is 2.32 bits per heavy atom. The number of carbonyl (C=O) groups is 1. The highest BCUT2D eigenvalue weighted by molar-refractivity contribution is 5.69. The Bertz CT molecular complexity index is 231. The van der Waals surface area contributed by atoms with Crippen LogP contribution in [-0.2, 0) is 9.53 Å². The lowest BCUT2D eigenvalue weighted by molar-refractivity contribution is -0.141. The number of hydrogen-bond donors (Lipinski definition) is 1. The number of carboxylic acids is 1. The molecule has 0 radical (unpaired) electrons. The number of hydrogen-bond acceptors (Lipinski definition) is 3. The Hall–Kier alpha value is -0.610. The minimum absolute atomic E-state index is 0.270. The number of ether oxygens (including phenoxy) is 1. The SMILES string of the molecule is CCCCCN(CCCOC(C)C)CC(C)C(=O)O. The van der Waals surface area contributed by atoms with E-state index in [1.54, 1.807) is 6.92 Å². The highest BCUT2D eigenvalue weighted by atomic mass is 16.5. The Kier molecular flexibility index (Phi) is 10.9. The molecule has 0 aliphatic heterocycles. The fourth-order valence-electron chi connectivity index (χ4n) is 1.95. The zero-order valence-electron chi connectivity index (χ0n) is 13.0. The lowest BCUT2D eigenvalue weighted by atomic mass is 10.1. The molecule has 0 aromatic rings. The first-order valence-electron chi connectivity index (χ1n) is 7.54. The first-order chi connectivity index (χ1) is 8.97. The Labute approximate surface area is 118 Å². The molecule has 0 bridgehead atoms. The number of carboxylic acid groups (broad SMARTS) is 1. The summed E-state index contributed by atoms with van der Waals surface area (Å²) in [4.78, 5) is 13.2. The van der Waals surface area contributed by atoms with Gasteiger partial charge in [-0.1, -0.05) is 26.7 Å². The molecule has 0 saturated heterocycles. The fourth-order valence-corrected chi connectivity index (χ4v) is 1.95. The lowest BCUT2D eigenvalue weighted by Crippen LogP contribution is -2.34. The van der Waals surface area contributed by atoms with E-state index in [-0.39, 0.29) is 12.0 Å². The summed E-state index contributed by atoms with van der Waals surface area (Å²) in [6, 6.07) is 0. The molecule has 0 aliphatic rings. The minimum Gasteiger partial charge on any atom is -0.481 e. The summed E-state index contributed by atoms with van der Waals surface area (Å²) < 4.78 is 5.53. The predicted molar refractivity (Wildman–Crippen MR) is 78.5 cm³/mol. The maximum atomic E-state index is 10.9. The van der Waals surface area contributed by atoms with Gasteiger partial charge < -0.3 is 14.7 Å². The van der Waals surface area contributed by atoms with Gasteiger partial charge in [-0.2, -0.15) is 0 Å². The highest BCUT2D eigenvalue weighted by Gasteiger charge is 2.15. The van der Waals surface area contributed by atoms with Crippen LogP contribution in [0.15, 0.2) is 0 Å². The molecule has 0 aliphatic carbocycles. The first-order valence-corrected chi connectivity index (χ1v) is 7.54. The van der Waals surface area contributed by atoms with Crippen molar-refractivity contribution in [2.24, 2.45) is 5.92 Å². The monoisotopic (exact) mass is 273 g/mol. The molecule has 0 spiro atoms. The zero-order chi connectivity index (χ0) is 14.7. The third-order valence-corrected chi connectivity index (χ3v) is 3.10. The van der Waals surface area contributed by atoms with E-state index in [1.165, 1.54) is 12.8 Å². The standard InChI is InChI=1S/C15H31NO3/c1-5-6-7-9-16(12-14(4)15(17)18)10-8-11-19-13(2)3/h13-14H,5-12H2,1-4H3,(H,17,18). The van der Waals surface area contributed by atoms with Crippen molar-refractivity contribution in [3.63, 3.8) is 0 Å². The molecular formula is C15H31NO3. The van der Waals surface area contributed by atoms with Crippen molar-refractivity contribution >= 4 is 5.97 Å². The molecule has 4 nitrogen and oxygen atoms in total. The van der Waals surface area contributed by atoms with Gasteiger partial charge in [-0.25, -0.2) is 0 Å². The Morgan fingerprint density at radius 1 is 1.16 bits per heavy atom. The average molecular weight is 273 g/mol. The first kappa shape index (κ1) is 18.4. The molecule has 1 atom stereocenters. The zero-order valence-corrected chi connectivity index (χ0v) is 13.0. The van der Waals surface area contributed by atoms with Gasteiger partial charge in [0.1, 0.15) is 0 Å². The predicted octanol–water partition coefficient (Wildman–Crippen LogP) is 3.01. The maximum Gasteiger partial charge on any atom is 0.307 e. The number of unbranched alkanes of at least 4 members (excludes halogenated alkanes) is 2. The van der Waals surface area contributed by atoms with Crippen LogP contribution in [0, 0.1) is 5.92 Å². The molecule has 0 aromatic heterocycles. The van der Waals surface area contributed by atoms with Gasteiger partial charge in [0.25, 0.3) is 0 Å². The molecular weight excluding hydrogens is 242 g/mol. The van der Waals surface area contributed by atoms with Crippen molar-refractivity contribution in [1.82, 2.24) is 4.90 Å². The van der Waals surface area contributed by atoms with Gasteiger partial charge in [0.15, 0.2) is 0 Å². The minimum atomic E-state index is -0.709. The molecule has 0 amide bonds. The van der Waals surface area contributed by atoms with Crippen molar-refractivity contribution in [2.45, 2.75) is 59.5 Å². The molecule has 0 saturated carbocycles. The van der Waals surface area contributed by atoms with Crippen LogP contribution in [0.3, 0.4) is 0 Å². The second-order valence-electron chi connectivity index (χ2n) is 5.52. The average Bonchev–Trinajstić information content (AvgIpc) is 2.33. The van der Waals surface area contributed by atoms with Crippen LogP contribution < -0.4 is 0 Å². The maximum absolute atomic E-state index is 10.9. The van der Waals surface area contributed by atoms with Crippen molar-refractivity contribution in [3.8, 4) is 0 Å². The van der Waals surface area contributed by atoms with E-state index >= 15 is 0 Å². The van der Waals surface area contributed by atoms with Gasteiger partial charge in [-0.3, -0.25) is 4.79 Å². The van der Waals surface area contributed by atoms with Crippen LogP contribution >= 0.6 is 0 Å². The van der Waals surface area contributed by atoms with Crippen molar-refractivity contribution in [3.05, 3.63) is 0 Å². The van der Waals surface area contributed by atoms with Gasteiger partial charge in [-0.15, -0.1) is 0 Å². The van der Waals surface area contributed by atoms with Crippen molar-refractivity contribution < 1.29 is 14.6 Å². The van der Waals surface area contributed by atoms with Crippen LogP contribution in [0.1, 0.15) is 53.4 Å².